The summed E-state index contributed by atoms with van der Waals surface area (Å²) < 4.78 is 83.1. The van der Waals surface area contributed by atoms with Crippen LogP contribution in [0.3, 0.4) is 0 Å². The van der Waals surface area contributed by atoms with E-state index < -0.39 is 49.3 Å². The Morgan fingerprint density at radius 3 is 2.13 bits per heavy atom. The first-order valence-electron chi connectivity index (χ1n) is 10.4. The molecule has 15 heteroatoms. The molecule has 0 aliphatic heterocycles. The molecule has 0 aliphatic carbocycles. The van der Waals surface area contributed by atoms with Crippen LogP contribution in [0.1, 0.15) is 27.4 Å². The monoisotopic (exact) mass is 668 g/mol. The number of ether oxygens (including phenoxy) is 1. The third-order valence-corrected chi connectivity index (χ3v) is 6.78. The van der Waals surface area contributed by atoms with Gasteiger partial charge in [0, 0.05) is 11.6 Å². The minimum absolute atomic E-state index is 0.0522. The fraction of sp³-hybridized carbons (Fsp3) is 0.304. The summed E-state index contributed by atoms with van der Waals surface area (Å²) in [5.41, 5.74) is 0.127. The molecule has 2 aromatic carbocycles. The molecule has 0 radical (unpaired) electrons. The molecule has 0 aliphatic rings. The summed E-state index contributed by atoms with van der Waals surface area (Å²) in [6, 6.07) is 6.19. The zero-order chi connectivity index (χ0) is 28.8. The van der Waals surface area contributed by atoms with Crippen molar-refractivity contribution in [2.45, 2.75) is 24.4 Å². The third kappa shape index (κ3) is 9.33. The quantitative estimate of drug-likeness (QED) is 0.219. The number of hydrogen-bond donors (Lipinski definition) is 2. The molecule has 2 atom stereocenters. The molecule has 0 saturated carbocycles. The van der Waals surface area contributed by atoms with Gasteiger partial charge in [-0.3, -0.25) is 9.59 Å². The van der Waals surface area contributed by atoms with Crippen LogP contribution in [0.15, 0.2) is 40.9 Å². The Morgan fingerprint density at radius 1 is 1.03 bits per heavy atom. The number of nitrogens with one attached hydrogen (secondary N) is 2. The van der Waals surface area contributed by atoms with Gasteiger partial charge in [-0.05, 0) is 51.3 Å². The lowest BCUT2D eigenvalue weighted by molar-refractivity contribution is -0.144. The first kappa shape index (κ1) is 32.2. The average Bonchev–Trinajstić information content (AvgIpc) is 2.80. The molecule has 0 spiro atoms. The van der Waals surface area contributed by atoms with Crippen LogP contribution in [0.4, 0.5) is 26.3 Å². The number of rotatable bonds is 9. The molecule has 2 rings (SSSR count). The standard InChI is InChI=1S/C23H18BrCl3F6N2O3/c1-38-18(21(37)35-10-22(28,29)30)9-34-20(36)13-4-2-11(6-15(13)24)3-5-14(23(31,32)33)12-7-16(25)19(27)17(26)8-12/h2-8,14,18H,9-10H2,1H3,(H,34,36)(H,35,37)/b5-3+. The topological polar surface area (TPSA) is 67.4 Å². The number of hydrogen-bond acceptors (Lipinski definition) is 3. The highest BCUT2D eigenvalue weighted by Gasteiger charge is 2.39. The molecule has 2 amide bonds. The molecule has 0 heterocycles. The second-order valence-electron chi connectivity index (χ2n) is 7.68. The minimum Gasteiger partial charge on any atom is -0.370 e. The second kappa shape index (κ2) is 13.4. The predicted octanol–water partition coefficient (Wildman–Crippen LogP) is 7.19. The van der Waals surface area contributed by atoms with Crippen molar-refractivity contribution in [3.05, 3.63) is 72.6 Å². The summed E-state index contributed by atoms with van der Waals surface area (Å²) >= 11 is 20.7. The van der Waals surface area contributed by atoms with Gasteiger partial charge in [0.1, 0.15) is 6.54 Å². The SMILES string of the molecule is COC(CNC(=O)c1ccc(/C=C/C(c2cc(Cl)c(Cl)c(Cl)c2)C(F)(F)F)cc1Br)C(=O)NCC(F)(F)F. The van der Waals surface area contributed by atoms with Crippen molar-refractivity contribution in [1.29, 1.82) is 0 Å². The molecular weight excluding hydrogens is 653 g/mol. The number of allylic oxidation sites excluding steroid dienone is 1. The number of benzene rings is 2. The summed E-state index contributed by atoms with van der Waals surface area (Å²) in [5, 5.41) is 3.67. The van der Waals surface area contributed by atoms with Crippen LogP contribution in [0, 0.1) is 0 Å². The molecule has 2 aromatic rings. The molecule has 2 unspecified atom stereocenters. The molecule has 0 aromatic heterocycles. The van der Waals surface area contributed by atoms with Gasteiger partial charge in [0.25, 0.3) is 11.8 Å². The maximum absolute atomic E-state index is 13.7. The Labute approximate surface area is 236 Å². The summed E-state index contributed by atoms with van der Waals surface area (Å²) in [5.74, 6) is -3.85. The molecule has 0 fully saturated rings. The molecule has 0 bridgehead atoms. The fourth-order valence-corrected chi connectivity index (χ4v) is 4.24. The number of carbonyl (C=O) groups is 2. The Bertz CT molecular complexity index is 1180. The zero-order valence-corrected chi connectivity index (χ0v) is 23.0. The summed E-state index contributed by atoms with van der Waals surface area (Å²) in [4.78, 5) is 24.3. The van der Waals surface area contributed by atoms with Crippen LogP contribution in [-0.4, -0.2) is 50.5 Å². The number of amides is 2. The van der Waals surface area contributed by atoms with Gasteiger partial charge < -0.3 is 15.4 Å². The van der Waals surface area contributed by atoms with Gasteiger partial charge in [-0.1, -0.05) is 53.0 Å². The summed E-state index contributed by atoms with van der Waals surface area (Å²) in [6.07, 6.45) is -8.62. The van der Waals surface area contributed by atoms with Crippen LogP contribution < -0.4 is 10.6 Å². The van der Waals surface area contributed by atoms with E-state index in [9.17, 15) is 35.9 Å². The van der Waals surface area contributed by atoms with Gasteiger partial charge >= 0.3 is 12.4 Å². The summed E-state index contributed by atoms with van der Waals surface area (Å²) in [6.45, 7) is -2.00. The molecule has 38 heavy (non-hydrogen) atoms. The average molecular weight is 671 g/mol. The van der Waals surface area contributed by atoms with Crippen molar-refractivity contribution in [2.24, 2.45) is 0 Å². The van der Waals surface area contributed by atoms with E-state index in [0.29, 0.717) is 5.56 Å². The second-order valence-corrected chi connectivity index (χ2v) is 9.73. The van der Waals surface area contributed by atoms with Gasteiger partial charge in [0.15, 0.2) is 6.10 Å². The van der Waals surface area contributed by atoms with E-state index in [1.807, 2.05) is 0 Å². The first-order valence-corrected chi connectivity index (χ1v) is 12.3. The molecule has 2 N–H and O–H groups in total. The molecule has 208 valence electrons. The highest BCUT2D eigenvalue weighted by molar-refractivity contribution is 9.10. The number of carbonyl (C=O) groups excluding carboxylic acids is 2. The number of methoxy groups -OCH3 is 1. The van der Waals surface area contributed by atoms with Gasteiger partial charge in [0.05, 0.1) is 33.1 Å². The minimum atomic E-state index is -4.68. The highest BCUT2D eigenvalue weighted by Crippen LogP contribution is 2.41. The number of halogens is 10. The predicted molar refractivity (Wildman–Crippen MR) is 136 cm³/mol. The molecular formula is C23H18BrCl3F6N2O3. The van der Waals surface area contributed by atoms with E-state index in [-0.39, 0.29) is 30.7 Å². The first-order chi connectivity index (χ1) is 17.5. The highest BCUT2D eigenvalue weighted by atomic mass is 79.9. The summed E-state index contributed by atoms with van der Waals surface area (Å²) in [7, 11) is 1.08. The van der Waals surface area contributed by atoms with Crippen LogP contribution in [0.25, 0.3) is 6.08 Å². The lowest BCUT2D eigenvalue weighted by Crippen LogP contribution is -2.46. The van der Waals surface area contributed by atoms with Crippen molar-refractivity contribution < 1.29 is 40.7 Å². The van der Waals surface area contributed by atoms with Crippen molar-refractivity contribution in [2.75, 3.05) is 20.2 Å². The molecule has 0 saturated heterocycles. The molecule has 5 nitrogen and oxygen atoms in total. The normalized spacial score (nSPS) is 13.9. The Balaban J connectivity index is 2.15. The van der Waals surface area contributed by atoms with E-state index in [2.05, 4.69) is 21.2 Å². The van der Waals surface area contributed by atoms with Crippen LogP contribution in [0.5, 0.6) is 0 Å². The third-order valence-electron chi connectivity index (χ3n) is 4.92. The van der Waals surface area contributed by atoms with Crippen LogP contribution in [0.2, 0.25) is 15.1 Å². The van der Waals surface area contributed by atoms with E-state index >= 15 is 0 Å². The zero-order valence-electron chi connectivity index (χ0n) is 19.1. The largest absolute Gasteiger partial charge is 0.405 e. The van der Waals surface area contributed by atoms with Crippen molar-refractivity contribution in [3.8, 4) is 0 Å². The Hall–Kier alpha value is -1.99. The lowest BCUT2D eigenvalue weighted by atomic mass is 9.97. The van der Waals surface area contributed by atoms with E-state index in [1.165, 1.54) is 24.3 Å². The van der Waals surface area contributed by atoms with Gasteiger partial charge in [-0.25, -0.2) is 0 Å². The Morgan fingerprint density at radius 2 is 1.63 bits per heavy atom. The van der Waals surface area contributed by atoms with Crippen LogP contribution in [-0.2, 0) is 9.53 Å². The van der Waals surface area contributed by atoms with Crippen molar-refractivity contribution in [1.82, 2.24) is 10.6 Å². The Kier molecular flexibility index (Phi) is 11.3. The van der Waals surface area contributed by atoms with Gasteiger partial charge in [-0.15, -0.1) is 0 Å². The van der Waals surface area contributed by atoms with Gasteiger partial charge in [-0.2, -0.15) is 26.3 Å². The van der Waals surface area contributed by atoms with Crippen molar-refractivity contribution in [3.63, 3.8) is 0 Å². The van der Waals surface area contributed by atoms with Gasteiger partial charge in [0.2, 0.25) is 0 Å². The number of alkyl halides is 6. The van der Waals surface area contributed by atoms with Crippen molar-refractivity contribution >= 4 is 68.6 Å². The fourth-order valence-electron chi connectivity index (χ4n) is 3.06. The smallest absolute Gasteiger partial charge is 0.370 e. The van der Waals surface area contributed by atoms with E-state index in [0.717, 1.165) is 25.3 Å². The maximum atomic E-state index is 13.7. The lowest BCUT2D eigenvalue weighted by Gasteiger charge is -2.18. The van der Waals surface area contributed by atoms with E-state index in [1.54, 1.807) is 5.32 Å². The van der Waals surface area contributed by atoms with Crippen LogP contribution >= 0.6 is 50.7 Å². The maximum Gasteiger partial charge on any atom is 0.405 e. The van der Waals surface area contributed by atoms with E-state index in [4.69, 9.17) is 39.5 Å².